The van der Waals surface area contributed by atoms with E-state index < -0.39 is 38.6 Å². The van der Waals surface area contributed by atoms with Crippen LogP contribution in [0, 0.1) is 0 Å². The number of alkyl carbamates (subject to hydrolysis) is 1. The van der Waals surface area contributed by atoms with Crippen LogP contribution in [0.3, 0.4) is 0 Å². The lowest BCUT2D eigenvalue weighted by Gasteiger charge is -2.25. The summed E-state index contributed by atoms with van der Waals surface area (Å²) in [7, 11) is -4.17. The standard InChI is InChI=1S/C28H31ClN2O6S2/c1-26(2,3)37-25(34)30-17-7-16-27(20-8-5-4-6-9-20)18-28(27,24(32)33)31-39(35,36)23-15-14-22(38-23)19-10-12-21(29)13-11-19/h4-6,8-15,31H,7,16-18H2,1-3H3,(H,30,34)(H,32,33)/t27-,28?/m0/s1. The van der Waals surface area contributed by atoms with Crippen molar-refractivity contribution in [1.82, 2.24) is 10.0 Å². The van der Waals surface area contributed by atoms with Crippen LogP contribution in [0.15, 0.2) is 70.9 Å². The van der Waals surface area contributed by atoms with Gasteiger partial charge in [0, 0.05) is 21.9 Å². The van der Waals surface area contributed by atoms with E-state index in [4.69, 9.17) is 16.3 Å². The number of rotatable bonds is 10. The van der Waals surface area contributed by atoms with Gasteiger partial charge in [-0.25, -0.2) is 13.2 Å². The van der Waals surface area contributed by atoms with Crippen LogP contribution in [0.4, 0.5) is 4.79 Å². The Labute approximate surface area is 237 Å². The van der Waals surface area contributed by atoms with E-state index in [0.29, 0.717) is 17.9 Å². The summed E-state index contributed by atoms with van der Waals surface area (Å²) in [5.74, 6) is -1.25. The lowest BCUT2D eigenvalue weighted by atomic mass is 9.86. The van der Waals surface area contributed by atoms with Crippen molar-refractivity contribution < 1.29 is 27.9 Å². The molecule has 1 aromatic heterocycles. The summed E-state index contributed by atoms with van der Waals surface area (Å²) >= 11 is 7.02. The van der Waals surface area contributed by atoms with Gasteiger partial charge in [-0.1, -0.05) is 54.1 Å². The second-order valence-electron chi connectivity index (χ2n) is 10.6. The lowest BCUT2D eigenvalue weighted by Crippen LogP contribution is -2.48. The zero-order valence-electron chi connectivity index (χ0n) is 21.9. The third kappa shape index (κ3) is 6.30. The number of amides is 1. The molecule has 0 saturated heterocycles. The SMILES string of the molecule is CC(C)(C)OC(=O)NCCC[C@@]1(c2ccccc2)CC1(NS(=O)(=O)c1ccc(-c2ccc(Cl)cc2)s1)C(=O)O. The Bertz CT molecular complexity index is 1450. The van der Waals surface area contributed by atoms with Crippen molar-refractivity contribution in [2.75, 3.05) is 6.54 Å². The van der Waals surface area contributed by atoms with Gasteiger partial charge >= 0.3 is 12.1 Å². The summed E-state index contributed by atoms with van der Waals surface area (Å²) in [5, 5.41) is 13.6. The van der Waals surface area contributed by atoms with E-state index in [-0.39, 0.29) is 17.2 Å². The van der Waals surface area contributed by atoms with Gasteiger partial charge in [0.25, 0.3) is 10.0 Å². The van der Waals surface area contributed by atoms with E-state index in [9.17, 15) is 23.1 Å². The van der Waals surface area contributed by atoms with Crippen LogP contribution in [0.1, 0.15) is 45.6 Å². The number of ether oxygens (including phenoxy) is 1. The fraction of sp³-hybridized carbons (Fsp3) is 0.357. The van der Waals surface area contributed by atoms with Crippen molar-refractivity contribution in [3.8, 4) is 10.4 Å². The Hall–Kier alpha value is -2.92. The average Bonchev–Trinajstić information content (AvgIpc) is 3.23. The van der Waals surface area contributed by atoms with Crippen molar-refractivity contribution in [2.24, 2.45) is 0 Å². The van der Waals surface area contributed by atoms with Crippen molar-refractivity contribution in [2.45, 2.75) is 60.8 Å². The number of halogens is 1. The number of benzene rings is 2. The fourth-order valence-electron chi connectivity index (χ4n) is 4.83. The second-order valence-corrected chi connectivity index (χ2v) is 14.0. The number of hydrogen-bond acceptors (Lipinski definition) is 6. The molecule has 4 rings (SSSR count). The molecule has 1 aliphatic rings. The smallest absolute Gasteiger partial charge is 0.407 e. The molecular formula is C28H31ClN2O6S2. The van der Waals surface area contributed by atoms with Crippen LogP contribution in [0.2, 0.25) is 5.02 Å². The van der Waals surface area contributed by atoms with Crippen LogP contribution < -0.4 is 10.0 Å². The lowest BCUT2D eigenvalue weighted by molar-refractivity contribution is -0.140. The van der Waals surface area contributed by atoms with E-state index in [0.717, 1.165) is 27.3 Å². The quantitative estimate of drug-likeness (QED) is 0.256. The minimum Gasteiger partial charge on any atom is -0.480 e. The number of carboxylic acids is 1. The first-order valence-corrected chi connectivity index (χ1v) is 15.1. The monoisotopic (exact) mass is 590 g/mol. The maximum absolute atomic E-state index is 13.5. The van der Waals surface area contributed by atoms with Gasteiger partial charge in [0.15, 0.2) is 0 Å². The van der Waals surface area contributed by atoms with Crippen LogP contribution in [0.5, 0.6) is 0 Å². The van der Waals surface area contributed by atoms with Crippen molar-refractivity contribution in [3.63, 3.8) is 0 Å². The number of carboxylic acid groups (broad SMARTS) is 1. The molecule has 208 valence electrons. The van der Waals surface area contributed by atoms with Crippen LogP contribution >= 0.6 is 22.9 Å². The Morgan fingerprint density at radius 2 is 1.72 bits per heavy atom. The highest BCUT2D eigenvalue weighted by atomic mass is 35.5. The summed E-state index contributed by atoms with van der Waals surface area (Å²) in [4.78, 5) is 25.5. The first-order chi connectivity index (χ1) is 18.3. The molecule has 0 radical (unpaired) electrons. The number of sulfonamides is 1. The Kier molecular flexibility index (Phi) is 8.14. The van der Waals surface area contributed by atoms with Crippen molar-refractivity contribution >= 4 is 45.0 Å². The van der Waals surface area contributed by atoms with Gasteiger partial charge in [-0.3, -0.25) is 4.79 Å². The molecule has 39 heavy (non-hydrogen) atoms. The van der Waals surface area contributed by atoms with Gasteiger partial charge in [-0.2, -0.15) is 4.72 Å². The Balaban J connectivity index is 1.56. The van der Waals surface area contributed by atoms with E-state index in [1.165, 1.54) is 6.07 Å². The molecule has 1 amide bonds. The van der Waals surface area contributed by atoms with E-state index in [1.807, 2.05) is 18.2 Å². The third-order valence-electron chi connectivity index (χ3n) is 6.68. The first-order valence-electron chi connectivity index (χ1n) is 12.4. The number of carbonyl (C=O) groups is 2. The number of nitrogens with one attached hydrogen (secondary N) is 2. The molecule has 0 bridgehead atoms. The highest BCUT2D eigenvalue weighted by Gasteiger charge is 2.74. The number of hydrogen-bond donors (Lipinski definition) is 3. The largest absolute Gasteiger partial charge is 0.480 e. The summed E-state index contributed by atoms with van der Waals surface area (Å²) in [5.41, 5.74) is -1.83. The van der Waals surface area contributed by atoms with E-state index >= 15 is 0 Å². The molecule has 1 fully saturated rings. The summed E-state index contributed by atoms with van der Waals surface area (Å²) in [6.07, 6.45) is 0.277. The molecule has 11 heteroatoms. The van der Waals surface area contributed by atoms with Gasteiger partial charge in [0.2, 0.25) is 0 Å². The second kappa shape index (κ2) is 10.9. The van der Waals surface area contributed by atoms with E-state index in [1.54, 1.807) is 63.2 Å². The van der Waals surface area contributed by atoms with Gasteiger partial charge in [-0.05, 0) is 75.4 Å². The maximum Gasteiger partial charge on any atom is 0.407 e. The number of thiophene rings is 1. The molecule has 1 saturated carbocycles. The zero-order chi connectivity index (χ0) is 28.5. The highest BCUT2D eigenvalue weighted by molar-refractivity contribution is 7.91. The van der Waals surface area contributed by atoms with Crippen LogP contribution in [-0.2, 0) is 25.0 Å². The zero-order valence-corrected chi connectivity index (χ0v) is 24.3. The molecule has 1 aliphatic carbocycles. The van der Waals surface area contributed by atoms with Gasteiger partial charge in [-0.15, -0.1) is 11.3 Å². The molecule has 2 aromatic carbocycles. The molecule has 0 spiro atoms. The third-order valence-corrected chi connectivity index (χ3v) is 10.1. The van der Waals surface area contributed by atoms with Crippen LogP contribution in [-0.4, -0.2) is 43.3 Å². The minimum atomic E-state index is -4.17. The predicted molar refractivity (Wildman–Crippen MR) is 152 cm³/mol. The van der Waals surface area contributed by atoms with Gasteiger partial charge in [0.1, 0.15) is 15.3 Å². The fourth-order valence-corrected chi connectivity index (χ4v) is 7.69. The Morgan fingerprint density at radius 1 is 1.05 bits per heavy atom. The van der Waals surface area contributed by atoms with Crippen LogP contribution in [0.25, 0.3) is 10.4 Å². The molecule has 8 nitrogen and oxygen atoms in total. The number of carbonyl (C=O) groups excluding carboxylic acids is 1. The molecule has 2 atom stereocenters. The van der Waals surface area contributed by atoms with E-state index in [2.05, 4.69) is 10.0 Å². The normalized spacial score (nSPS) is 20.8. The van der Waals surface area contributed by atoms with Gasteiger partial charge < -0.3 is 15.2 Å². The molecular weight excluding hydrogens is 560 g/mol. The molecule has 1 unspecified atom stereocenters. The van der Waals surface area contributed by atoms with Crippen molar-refractivity contribution in [1.29, 1.82) is 0 Å². The first kappa shape index (κ1) is 29.1. The summed E-state index contributed by atoms with van der Waals surface area (Å²) in [6, 6.07) is 19.2. The molecule has 0 aliphatic heterocycles. The van der Waals surface area contributed by atoms with Crippen molar-refractivity contribution in [3.05, 3.63) is 77.3 Å². The number of aliphatic carboxylic acids is 1. The summed E-state index contributed by atoms with van der Waals surface area (Å²) in [6.45, 7) is 5.54. The average molecular weight is 591 g/mol. The highest BCUT2D eigenvalue weighted by Crippen LogP contribution is 2.61. The summed E-state index contributed by atoms with van der Waals surface area (Å²) < 4.78 is 34.8. The molecule has 3 aromatic rings. The predicted octanol–water partition coefficient (Wildman–Crippen LogP) is 5.82. The molecule has 3 N–H and O–H groups in total. The molecule has 1 heterocycles. The minimum absolute atomic E-state index is 0.0218. The maximum atomic E-state index is 13.5. The topological polar surface area (TPSA) is 122 Å². The van der Waals surface area contributed by atoms with Gasteiger partial charge in [0.05, 0.1) is 0 Å². The Morgan fingerprint density at radius 3 is 2.33 bits per heavy atom.